The van der Waals surface area contributed by atoms with Crippen LogP contribution in [0.4, 0.5) is 0 Å². The van der Waals surface area contributed by atoms with Crippen molar-refractivity contribution < 1.29 is 28.5 Å². The Kier molecular flexibility index (Phi) is 4.43. The summed E-state index contributed by atoms with van der Waals surface area (Å²) in [5.74, 6) is 2.49. The Labute approximate surface area is 174 Å². The summed E-state index contributed by atoms with van der Waals surface area (Å²) in [7, 11) is 3.13. The van der Waals surface area contributed by atoms with Gasteiger partial charge in [0.1, 0.15) is 5.78 Å². The molecule has 2 aromatic rings. The molecular formula is C23H23NO6. The zero-order valence-corrected chi connectivity index (χ0v) is 17.2. The molecule has 0 unspecified atom stereocenters. The average Bonchev–Trinajstić information content (AvgIpc) is 3.20. The maximum Gasteiger partial charge on any atom is 0.231 e. The molecule has 0 saturated carbocycles. The van der Waals surface area contributed by atoms with Gasteiger partial charge in [0.05, 0.1) is 20.3 Å². The summed E-state index contributed by atoms with van der Waals surface area (Å²) in [5.41, 5.74) is 3.31. The Morgan fingerprint density at radius 2 is 1.93 bits per heavy atom. The second kappa shape index (κ2) is 7.02. The first-order valence-electron chi connectivity index (χ1n) is 10.00. The molecule has 0 spiro atoms. The molecule has 0 N–H and O–H groups in total. The smallest absolute Gasteiger partial charge is 0.231 e. The van der Waals surface area contributed by atoms with Gasteiger partial charge in [0.15, 0.2) is 28.8 Å². The summed E-state index contributed by atoms with van der Waals surface area (Å²) in [5, 5.41) is 0. The van der Waals surface area contributed by atoms with Crippen LogP contribution in [0.5, 0.6) is 23.0 Å². The minimum atomic E-state index is -0.474. The molecule has 5 rings (SSSR count). The number of rotatable bonds is 4. The molecule has 156 valence electrons. The molecular weight excluding hydrogens is 386 g/mol. The molecule has 2 aromatic carbocycles. The number of methoxy groups -OCH3 is 2. The van der Waals surface area contributed by atoms with Crippen LogP contribution in [0.15, 0.2) is 24.3 Å². The highest BCUT2D eigenvalue weighted by Crippen LogP contribution is 2.51. The van der Waals surface area contributed by atoms with E-state index in [-0.39, 0.29) is 24.4 Å². The monoisotopic (exact) mass is 409 g/mol. The molecule has 0 aromatic heterocycles. The average molecular weight is 409 g/mol. The molecule has 0 aliphatic carbocycles. The van der Waals surface area contributed by atoms with Crippen molar-refractivity contribution in [1.82, 2.24) is 4.90 Å². The molecule has 3 aliphatic rings. The first kappa shape index (κ1) is 18.9. The van der Waals surface area contributed by atoms with Crippen molar-refractivity contribution in [3.63, 3.8) is 0 Å². The molecule has 7 heteroatoms. The second-order valence-corrected chi connectivity index (χ2v) is 7.84. The molecule has 0 radical (unpaired) electrons. The molecule has 7 nitrogen and oxygen atoms in total. The van der Waals surface area contributed by atoms with Gasteiger partial charge in [-0.05, 0) is 48.7 Å². The normalized spacial score (nSPS) is 21.5. The van der Waals surface area contributed by atoms with Crippen LogP contribution in [0.1, 0.15) is 52.5 Å². The fourth-order valence-corrected chi connectivity index (χ4v) is 4.96. The van der Waals surface area contributed by atoms with Gasteiger partial charge >= 0.3 is 0 Å². The van der Waals surface area contributed by atoms with Crippen LogP contribution >= 0.6 is 0 Å². The third kappa shape index (κ3) is 2.69. The number of Topliss-reactive ketones (excluding diaryl/α,β-unsaturated/α-hetero) is 2. The standard InChI is InChI=1S/C23H23NO6/c1-12(25)8-16-20-14(4-5-17(27-2)23(20)28-3)22(26)21-15-10-19-18(29-11-30-19)9-13(15)6-7-24(16)21/h4-5,9-10,16,21H,6-8,11H2,1-3H3/t16-,21+/m0/s1. The fourth-order valence-electron chi connectivity index (χ4n) is 4.96. The molecule has 0 saturated heterocycles. The minimum absolute atomic E-state index is 0.00873. The maximum absolute atomic E-state index is 13.7. The van der Waals surface area contributed by atoms with Crippen LogP contribution in [-0.4, -0.2) is 44.0 Å². The van der Waals surface area contributed by atoms with Gasteiger partial charge < -0.3 is 18.9 Å². The number of ether oxygens (including phenoxy) is 4. The number of hydrogen-bond donors (Lipinski definition) is 0. The van der Waals surface area contributed by atoms with Crippen LogP contribution in [0.3, 0.4) is 0 Å². The molecule has 30 heavy (non-hydrogen) atoms. The van der Waals surface area contributed by atoms with Crippen LogP contribution in [0.2, 0.25) is 0 Å². The first-order valence-corrected chi connectivity index (χ1v) is 10.00. The van der Waals surface area contributed by atoms with E-state index in [1.165, 1.54) is 0 Å². The lowest BCUT2D eigenvalue weighted by atomic mass is 9.78. The van der Waals surface area contributed by atoms with Crippen molar-refractivity contribution in [3.05, 3.63) is 46.5 Å². The van der Waals surface area contributed by atoms with Gasteiger partial charge in [-0.2, -0.15) is 0 Å². The number of fused-ring (bicyclic) bond motifs is 5. The maximum atomic E-state index is 13.7. The fraction of sp³-hybridized carbons (Fsp3) is 0.391. The summed E-state index contributed by atoms with van der Waals surface area (Å²) in [6.07, 6.45) is 1.05. The highest BCUT2D eigenvalue weighted by atomic mass is 16.7. The first-order chi connectivity index (χ1) is 14.5. The van der Waals surface area contributed by atoms with Crippen molar-refractivity contribution in [2.24, 2.45) is 0 Å². The minimum Gasteiger partial charge on any atom is -0.493 e. The Morgan fingerprint density at radius 1 is 1.17 bits per heavy atom. The van der Waals surface area contributed by atoms with E-state index >= 15 is 0 Å². The van der Waals surface area contributed by atoms with E-state index < -0.39 is 6.04 Å². The summed E-state index contributed by atoms with van der Waals surface area (Å²) in [6, 6.07) is 6.68. The van der Waals surface area contributed by atoms with Crippen LogP contribution in [0.25, 0.3) is 0 Å². The number of ketones is 2. The van der Waals surface area contributed by atoms with Crippen LogP contribution in [0, 0.1) is 0 Å². The van der Waals surface area contributed by atoms with Crippen LogP contribution < -0.4 is 18.9 Å². The number of benzene rings is 2. The van der Waals surface area contributed by atoms with E-state index in [1.807, 2.05) is 12.1 Å². The lowest BCUT2D eigenvalue weighted by Crippen LogP contribution is -2.46. The Bertz CT molecular complexity index is 1060. The van der Waals surface area contributed by atoms with E-state index in [1.54, 1.807) is 33.3 Å². The summed E-state index contributed by atoms with van der Waals surface area (Å²) >= 11 is 0. The van der Waals surface area contributed by atoms with E-state index in [2.05, 4.69) is 4.90 Å². The van der Waals surface area contributed by atoms with Gasteiger partial charge in [-0.15, -0.1) is 0 Å². The van der Waals surface area contributed by atoms with E-state index in [0.717, 1.165) is 28.9 Å². The predicted molar refractivity (Wildman–Crippen MR) is 108 cm³/mol. The molecule has 0 bridgehead atoms. The third-order valence-electron chi connectivity index (χ3n) is 6.21. The van der Waals surface area contributed by atoms with Gasteiger partial charge in [0.2, 0.25) is 6.79 Å². The zero-order valence-electron chi connectivity index (χ0n) is 17.2. The Hall–Kier alpha value is -3.06. The molecule has 0 amide bonds. The number of hydrogen-bond acceptors (Lipinski definition) is 7. The van der Waals surface area contributed by atoms with Crippen molar-refractivity contribution >= 4 is 11.6 Å². The lowest BCUT2D eigenvalue weighted by molar-refractivity contribution is -0.118. The van der Waals surface area contributed by atoms with Gasteiger partial charge in [0, 0.05) is 30.1 Å². The number of carbonyl (C=O) groups is 2. The Morgan fingerprint density at radius 3 is 2.63 bits per heavy atom. The Balaban J connectivity index is 1.71. The lowest BCUT2D eigenvalue weighted by Gasteiger charge is -2.45. The summed E-state index contributed by atoms with van der Waals surface area (Å²) in [4.78, 5) is 28.1. The van der Waals surface area contributed by atoms with Gasteiger partial charge in [-0.3, -0.25) is 14.5 Å². The number of carbonyl (C=O) groups excluding carboxylic acids is 2. The second-order valence-electron chi connectivity index (χ2n) is 7.84. The van der Waals surface area contributed by atoms with Crippen molar-refractivity contribution in [3.8, 4) is 23.0 Å². The third-order valence-corrected chi connectivity index (χ3v) is 6.21. The van der Waals surface area contributed by atoms with Crippen molar-refractivity contribution in [1.29, 1.82) is 0 Å². The number of nitrogens with zero attached hydrogens (tertiary/aromatic N) is 1. The zero-order chi connectivity index (χ0) is 21.0. The summed E-state index contributed by atoms with van der Waals surface area (Å²) in [6.45, 7) is 2.42. The van der Waals surface area contributed by atoms with Gasteiger partial charge in [-0.1, -0.05) is 0 Å². The highest BCUT2D eigenvalue weighted by Gasteiger charge is 2.46. The quantitative estimate of drug-likeness (QED) is 0.767. The van der Waals surface area contributed by atoms with Crippen LogP contribution in [-0.2, 0) is 11.2 Å². The largest absolute Gasteiger partial charge is 0.493 e. The van der Waals surface area contributed by atoms with Gasteiger partial charge in [-0.25, -0.2) is 0 Å². The summed E-state index contributed by atoms with van der Waals surface area (Å²) < 4.78 is 22.2. The topological polar surface area (TPSA) is 74.3 Å². The predicted octanol–water partition coefficient (Wildman–Crippen LogP) is 3.25. The molecule has 3 aliphatic heterocycles. The van der Waals surface area contributed by atoms with Crippen molar-refractivity contribution in [2.45, 2.75) is 31.8 Å². The van der Waals surface area contributed by atoms with Gasteiger partial charge in [0.25, 0.3) is 0 Å². The SMILES string of the molecule is COc1ccc2c(c1OC)[C@H](CC(C)=O)N1CCc3cc4c(cc3[C@@H]1C2=O)OCO4. The van der Waals surface area contributed by atoms with E-state index in [9.17, 15) is 9.59 Å². The van der Waals surface area contributed by atoms with E-state index in [0.29, 0.717) is 35.8 Å². The van der Waals surface area contributed by atoms with Crippen molar-refractivity contribution in [2.75, 3.05) is 27.6 Å². The molecule has 2 atom stereocenters. The molecule has 3 heterocycles. The highest BCUT2D eigenvalue weighted by molar-refractivity contribution is 6.04. The van der Waals surface area contributed by atoms with E-state index in [4.69, 9.17) is 18.9 Å². The molecule has 0 fully saturated rings.